The Hall–Kier alpha value is -2.54. The largest absolute Gasteiger partial charge is 0.504 e. The molecule has 6 nitrogen and oxygen atoms in total. The number of phenols is 1. The minimum atomic E-state index is -0.407. The number of nitrogens with one attached hydrogen (secondary N) is 1. The Balaban J connectivity index is 1.92. The van der Waals surface area contributed by atoms with Crippen molar-refractivity contribution in [1.82, 2.24) is 5.43 Å². The van der Waals surface area contributed by atoms with Gasteiger partial charge in [-0.25, -0.2) is 5.43 Å². The lowest BCUT2D eigenvalue weighted by Crippen LogP contribution is -2.24. The Bertz CT molecular complexity index is 806. The van der Waals surface area contributed by atoms with Gasteiger partial charge in [-0.2, -0.15) is 5.10 Å². The molecular weight excluding hydrogens is 388 g/mol. The van der Waals surface area contributed by atoms with Crippen molar-refractivity contribution in [3.8, 4) is 17.2 Å². The summed E-state index contributed by atoms with van der Waals surface area (Å²) in [5.41, 5.74) is 5.00. The van der Waals surface area contributed by atoms with Gasteiger partial charge in [0, 0.05) is 10.0 Å². The molecule has 2 aromatic carbocycles. The van der Waals surface area contributed by atoms with Gasteiger partial charge in [-0.1, -0.05) is 22.0 Å². The Morgan fingerprint density at radius 3 is 2.72 bits per heavy atom. The number of hydrogen-bond donors (Lipinski definition) is 2. The molecular formula is C18H19BrN2O4. The minimum absolute atomic E-state index is 0.0601. The first kappa shape index (κ1) is 18.8. The molecule has 0 unspecified atom stereocenters. The summed E-state index contributed by atoms with van der Waals surface area (Å²) in [6.07, 6.45) is 1.33. The number of aryl methyl sites for hydroxylation is 2. The van der Waals surface area contributed by atoms with Crippen molar-refractivity contribution in [3.05, 3.63) is 51.5 Å². The average Bonchev–Trinajstić information content (AvgIpc) is 2.58. The van der Waals surface area contributed by atoms with Gasteiger partial charge in [0.2, 0.25) is 0 Å². The second kappa shape index (κ2) is 8.53. The summed E-state index contributed by atoms with van der Waals surface area (Å²) in [6, 6.07) is 8.90. The van der Waals surface area contributed by atoms with Gasteiger partial charge in [-0.3, -0.25) is 4.79 Å². The number of benzene rings is 2. The van der Waals surface area contributed by atoms with Gasteiger partial charge in [0.05, 0.1) is 13.3 Å². The maximum absolute atomic E-state index is 11.8. The third-order valence-corrected chi connectivity index (χ3v) is 3.99. The van der Waals surface area contributed by atoms with Gasteiger partial charge in [0.15, 0.2) is 18.1 Å². The molecule has 0 saturated heterocycles. The van der Waals surface area contributed by atoms with Crippen molar-refractivity contribution in [3.63, 3.8) is 0 Å². The van der Waals surface area contributed by atoms with Gasteiger partial charge < -0.3 is 14.6 Å². The number of amides is 1. The van der Waals surface area contributed by atoms with E-state index < -0.39 is 5.91 Å². The third-order valence-electron chi connectivity index (χ3n) is 3.53. The highest BCUT2D eigenvalue weighted by Gasteiger charge is 2.08. The molecule has 0 saturated carbocycles. The van der Waals surface area contributed by atoms with E-state index in [4.69, 9.17) is 9.47 Å². The van der Waals surface area contributed by atoms with E-state index in [0.717, 1.165) is 11.1 Å². The number of halogens is 1. The maximum Gasteiger partial charge on any atom is 0.277 e. The fourth-order valence-electron chi connectivity index (χ4n) is 2.01. The van der Waals surface area contributed by atoms with Gasteiger partial charge in [-0.15, -0.1) is 0 Å². The zero-order chi connectivity index (χ0) is 18.4. The molecule has 0 bridgehead atoms. The van der Waals surface area contributed by atoms with E-state index in [-0.39, 0.29) is 12.4 Å². The maximum atomic E-state index is 11.8. The summed E-state index contributed by atoms with van der Waals surface area (Å²) in [6.45, 7) is 3.83. The van der Waals surface area contributed by atoms with Crippen LogP contribution in [-0.2, 0) is 4.79 Å². The first-order valence-electron chi connectivity index (χ1n) is 7.49. The summed E-state index contributed by atoms with van der Waals surface area (Å²) < 4.78 is 11.2. The second-order valence-corrected chi connectivity index (χ2v) is 6.29. The number of phenolic OH excluding ortho intramolecular Hbond substituents is 1. The smallest absolute Gasteiger partial charge is 0.277 e. The Morgan fingerprint density at radius 2 is 2.04 bits per heavy atom. The van der Waals surface area contributed by atoms with Crippen LogP contribution in [0.2, 0.25) is 0 Å². The molecule has 2 N–H and O–H groups in total. The van der Waals surface area contributed by atoms with E-state index >= 15 is 0 Å². The summed E-state index contributed by atoms with van der Waals surface area (Å²) in [4.78, 5) is 11.8. The number of hydrogen-bond acceptors (Lipinski definition) is 5. The molecule has 0 aliphatic heterocycles. The van der Waals surface area contributed by atoms with E-state index in [1.165, 1.54) is 13.3 Å². The minimum Gasteiger partial charge on any atom is -0.504 e. The summed E-state index contributed by atoms with van der Waals surface area (Å²) in [5.74, 6) is 0.461. The Kier molecular flexibility index (Phi) is 6.41. The summed E-state index contributed by atoms with van der Waals surface area (Å²) in [5, 5.41) is 13.8. The van der Waals surface area contributed by atoms with Crippen LogP contribution in [0, 0.1) is 13.8 Å². The molecule has 0 radical (unpaired) electrons. The molecule has 7 heteroatoms. The molecule has 0 fully saturated rings. The molecule has 132 valence electrons. The van der Waals surface area contributed by atoms with Crippen molar-refractivity contribution in [2.24, 2.45) is 5.10 Å². The highest BCUT2D eigenvalue weighted by atomic mass is 79.9. The number of nitrogens with zero attached hydrogens (tertiary/aromatic N) is 1. The van der Waals surface area contributed by atoms with Gasteiger partial charge in [-0.05, 0) is 49.2 Å². The molecule has 0 aliphatic carbocycles. The third kappa shape index (κ3) is 5.22. The lowest BCUT2D eigenvalue weighted by Gasteiger charge is -2.08. The van der Waals surface area contributed by atoms with Crippen LogP contribution < -0.4 is 14.9 Å². The molecule has 1 amide bonds. The zero-order valence-electron chi connectivity index (χ0n) is 14.2. The van der Waals surface area contributed by atoms with Crippen molar-refractivity contribution in [2.45, 2.75) is 13.8 Å². The number of hydrazone groups is 1. The molecule has 2 aromatic rings. The molecule has 0 atom stereocenters. The van der Waals surface area contributed by atoms with Crippen LogP contribution in [-0.4, -0.2) is 30.9 Å². The molecule has 0 spiro atoms. The first-order valence-corrected chi connectivity index (χ1v) is 8.28. The van der Waals surface area contributed by atoms with Crippen molar-refractivity contribution in [1.29, 1.82) is 0 Å². The predicted octanol–water partition coefficient (Wildman–Crippen LogP) is 3.31. The van der Waals surface area contributed by atoms with Crippen LogP contribution in [0.1, 0.15) is 16.7 Å². The molecule has 0 aromatic heterocycles. The standard InChI is InChI=1S/C18H19BrN2O4/c1-11-4-5-15(6-12(11)2)25-10-17(22)21-20-9-13-7-14(19)8-16(24-3)18(13)23/h4-9,23H,10H2,1-3H3,(H,21,22)/b20-9-. The topological polar surface area (TPSA) is 80.2 Å². The Morgan fingerprint density at radius 1 is 1.28 bits per heavy atom. The number of ether oxygens (including phenoxy) is 2. The predicted molar refractivity (Wildman–Crippen MR) is 99.5 cm³/mol. The zero-order valence-corrected chi connectivity index (χ0v) is 15.8. The van der Waals surface area contributed by atoms with Gasteiger partial charge in [0.25, 0.3) is 5.91 Å². The number of methoxy groups -OCH3 is 1. The number of carbonyl (C=O) groups is 1. The van der Waals surface area contributed by atoms with Crippen LogP contribution in [0.4, 0.5) is 0 Å². The number of aromatic hydroxyl groups is 1. The van der Waals surface area contributed by atoms with E-state index in [2.05, 4.69) is 26.5 Å². The lowest BCUT2D eigenvalue weighted by molar-refractivity contribution is -0.123. The van der Waals surface area contributed by atoms with E-state index in [9.17, 15) is 9.90 Å². The van der Waals surface area contributed by atoms with E-state index in [0.29, 0.717) is 21.5 Å². The van der Waals surface area contributed by atoms with Crippen LogP contribution in [0.5, 0.6) is 17.2 Å². The number of rotatable bonds is 6. The quantitative estimate of drug-likeness (QED) is 0.569. The normalized spacial score (nSPS) is 10.7. The monoisotopic (exact) mass is 406 g/mol. The second-order valence-electron chi connectivity index (χ2n) is 5.37. The summed E-state index contributed by atoms with van der Waals surface area (Å²) in [7, 11) is 1.45. The molecule has 25 heavy (non-hydrogen) atoms. The van der Waals surface area contributed by atoms with Gasteiger partial charge in [0.1, 0.15) is 5.75 Å². The van der Waals surface area contributed by atoms with E-state index in [1.54, 1.807) is 12.1 Å². The SMILES string of the molecule is COc1cc(Br)cc(/C=N\NC(=O)COc2ccc(C)c(C)c2)c1O. The average molecular weight is 407 g/mol. The highest BCUT2D eigenvalue weighted by molar-refractivity contribution is 9.10. The Labute approximate surface area is 154 Å². The van der Waals surface area contributed by atoms with Crippen LogP contribution in [0.25, 0.3) is 0 Å². The molecule has 0 aliphatic rings. The van der Waals surface area contributed by atoms with Crippen molar-refractivity contribution < 1.29 is 19.4 Å². The van der Waals surface area contributed by atoms with Crippen molar-refractivity contribution in [2.75, 3.05) is 13.7 Å². The fourth-order valence-corrected chi connectivity index (χ4v) is 2.46. The molecule has 0 heterocycles. The van der Waals surface area contributed by atoms with Crippen molar-refractivity contribution >= 4 is 28.1 Å². The lowest BCUT2D eigenvalue weighted by atomic mass is 10.1. The number of carbonyl (C=O) groups excluding carboxylic acids is 1. The molecule has 2 rings (SSSR count). The first-order chi connectivity index (χ1) is 11.9. The van der Waals surface area contributed by atoms with Crippen LogP contribution >= 0.6 is 15.9 Å². The fraction of sp³-hybridized carbons (Fsp3) is 0.222. The van der Waals surface area contributed by atoms with E-state index in [1.807, 2.05) is 32.0 Å². The summed E-state index contributed by atoms with van der Waals surface area (Å²) >= 11 is 3.31. The highest BCUT2D eigenvalue weighted by Crippen LogP contribution is 2.32. The van der Waals surface area contributed by atoms with Gasteiger partial charge >= 0.3 is 0 Å². The van der Waals surface area contributed by atoms with Crippen LogP contribution in [0.15, 0.2) is 39.9 Å². The van der Waals surface area contributed by atoms with Crippen LogP contribution in [0.3, 0.4) is 0 Å².